The largest absolute Gasteiger partial charge is 0.481 e. The number of hydrogen-bond acceptors (Lipinski definition) is 3. The van der Waals surface area contributed by atoms with E-state index in [0.717, 1.165) is 19.3 Å². The van der Waals surface area contributed by atoms with Crippen molar-refractivity contribution >= 4 is 17.8 Å². The number of rotatable bonds is 13. The fourth-order valence-electron chi connectivity index (χ4n) is 2.07. The third-order valence-electron chi connectivity index (χ3n) is 3.42. The molecule has 1 atom stereocenters. The highest BCUT2D eigenvalue weighted by Gasteiger charge is 2.14. The number of carboxylic acids is 1. The van der Waals surface area contributed by atoms with Gasteiger partial charge in [0.05, 0.1) is 6.42 Å². The summed E-state index contributed by atoms with van der Waals surface area (Å²) in [4.78, 5) is 33.6. The molecule has 22 heavy (non-hydrogen) atoms. The molecule has 0 heterocycles. The minimum Gasteiger partial charge on any atom is -0.481 e. The van der Waals surface area contributed by atoms with Crippen LogP contribution in [0.1, 0.15) is 71.6 Å². The van der Waals surface area contributed by atoms with E-state index in [4.69, 9.17) is 5.11 Å². The van der Waals surface area contributed by atoms with Gasteiger partial charge in [0.15, 0.2) is 0 Å². The number of hydrogen-bond donors (Lipinski definition) is 3. The average molecular weight is 314 g/mol. The molecule has 0 aliphatic carbocycles. The van der Waals surface area contributed by atoms with E-state index in [-0.39, 0.29) is 24.8 Å². The van der Waals surface area contributed by atoms with Gasteiger partial charge in [-0.15, -0.1) is 0 Å². The highest BCUT2D eigenvalue weighted by molar-refractivity contribution is 5.87. The molecular formula is C16H30N2O4. The Labute approximate surface area is 133 Å². The molecule has 0 fully saturated rings. The lowest BCUT2D eigenvalue weighted by atomic mass is 10.1. The van der Waals surface area contributed by atoms with Crippen LogP contribution in [0.3, 0.4) is 0 Å². The van der Waals surface area contributed by atoms with E-state index in [0.29, 0.717) is 6.42 Å². The Kier molecular flexibility index (Phi) is 12.2. The van der Waals surface area contributed by atoms with Crippen LogP contribution >= 0.6 is 0 Å². The molecule has 0 aromatic rings. The Hall–Kier alpha value is -1.59. The molecule has 0 radical (unpaired) electrons. The summed E-state index contributed by atoms with van der Waals surface area (Å²) in [6.07, 6.45) is 8.32. The molecule has 0 aromatic carbocycles. The molecule has 0 aliphatic rings. The van der Waals surface area contributed by atoms with Crippen LogP contribution in [-0.2, 0) is 14.4 Å². The Morgan fingerprint density at radius 3 is 2.14 bits per heavy atom. The normalized spacial score (nSPS) is 11.7. The fourth-order valence-corrected chi connectivity index (χ4v) is 2.07. The summed E-state index contributed by atoms with van der Waals surface area (Å²) >= 11 is 0. The van der Waals surface area contributed by atoms with E-state index in [2.05, 4.69) is 17.6 Å². The zero-order chi connectivity index (χ0) is 16.8. The highest BCUT2D eigenvalue weighted by atomic mass is 16.4. The number of aliphatic carboxylic acids is 1. The molecule has 2 amide bonds. The molecule has 0 bridgehead atoms. The van der Waals surface area contributed by atoms with Crippen LogP contribution in [0, 0.1) is 0 Å². The second kappa shape index (κ2) is 13.1. The predicted octanol–water partition coefficient (Wildman–Crippen LogP) is 2.22. The van der Waals surface area contributed by atoms with Crippen molar-refractivity contribution in [3.63, 3.8) is 0 Å². The van der Waals surface area contributed by atoms with Crippen LogP contribution in [0.4, 0.5) is 0 Å². The third-order valence-corrected chi connectivity index (χ3v) is 3.42. The summed E-state index contributed by atoms with van der Waals surface area (Å²) < 4.78 is 0. The lowest BCUT2D eigenvalue weighted by Crippen LogP contribution is -2.45. The Bertz CT molecular complexity index is 345. The number of amides is 2. The zero-order valence-corrected chi connectivity index (χ0v) is 13.8. The van der Waals surface area contributed by atoms with E-state index >= 15 is 0 Å². The van der Waals surface area contributed by atoms with Gasteiger partial charge in [0.1, 0.15) is 6.04 Å². The van der Waals surface area contributed by atoms with Crippen molar-refractivity contribution in [2.75, 3.05) is 6.54 Å². The van der Waals surface area contributed by atoms with Crippen molar-refractivity contribution in [1.82, 2.24) is 10.6 Å². The summed E-state index contributed by atoms with van der Waals surface area (Å²) in [6, 6.07) is -0.633. The van der Waals surface area contributed by atoms with Gasteiger partial charge < -0.3 is 15.7 Å². The van der Waals surface area contributed by atoms with Crippen molar-refractivity contribution in [1.29, 1.82) is 0 Å². The van der Waals surface area contributed by atoms with Gasteiger partial charge in [-0.1, -0.05) is 45.4 Å². The molecule has 128 valence electrons. The first kappa shape index (κ1) is 20.4. The highest BCUT2D eigenvalue weighted by Crippen LogP contribution is 2.08. The zero-order valence-electron chi connectivity index (χ0n) is 13.8. The van der Waals surface area contributed by atoms with Gasteiger partial charge in [0.2, 0.25) is 11.8 Å². The maximum Gasteiger partial charge on any atom is 0.305 e. The van der Waals surface area contributed by atoms with Crippen LogP contribution < -0.4 is 10.6 Å². The maximum absolute atomic E-state index is 11.7. The number of carbonyl (C=O) groups excluding carboxylic acids is 2. The molecule has 0 aliphatic heterocycles. The first-order chi connectivity index (χ1) is 10.5. The maximum atomic E-state index is 11.7. The molecule has 0 aromatic heterocycles. The van der Waals surface area contributed by atoms with Gasteiger partial charge in [0, 0.05) is 13.0 Å². The van der Waals surface area contributed by atoms with E-state index in [1.54, 1.807) is 6.92 Å². The van der Waals surface area contributed by atoms with Crippen molar-refractivity contribution in [2.24, 2.45) is 0 Å². The van der Waals surface area contributed by atoms with Crippen LogP contribution in [0.5, 0.6) is 0 Å². The third kappa shape index (κ3) is 12.2. The molecule has 6 heteroatoms. The van der Waals surface area contributed by atoms with E-state index < -0.39 is 12.0 Å². The summed E-state index contributed by atoms with van der Waals surface area (Å²) in [5, 5.41) is 13.6. The van der Waals surface area contributed by atoms with Crippen molar-refractivity contribution in [3.8, 4) is 0 Å². The molecular weight excluding hydrogens is 284 g/mol. The standard InChI is InChI=1S/C16H30N2O4/c1-3-4-5-6-7-8-9-10-14(19)18-13(2)16(22)17-12-11-15(20)21/h13H,3-12H2,1-2H3,(H,17,22)(H,18,19)(H,20,21)/t13-/m0/s1. The van der Waals surface area contributed by atoms with E-state index in [1.165, 1.54) is 25.7 Å². The average Bonchev–Trinajstić information content (AvgIpc) is 2.45. The number of carbonyl (C=O) groups is 3. The van der Waals surface area contributed by atoms with Crippen molar-refractivity contribution in [2.45, 2.75) is 77.7 Å². The summed E-state index contributed by atoms with van der Waals surface area (Å²) in [5.41, 5.74) is 0. The molecule has 0 saturated carbocycles. The summed E-state index contributed by atoms with van der Waals surface area (Å²) in [6.45, 7) is 3.86. The van der Waals surface area contributed by atoms with Crippen molar-refractivity contribution in [3.05, 3.63) is 0 Å². The number of carboxylic acid groups (broad SMARTS) is 1. The van der Waals surface area contributed by atoms with Gasteiger partial charge in [-0.05, 0) is 13.3 Å². The second-order valence-corrected chi connectivity index (χ2v) is 5.60. The van der Waals surface area contributed by atoms with Crippen LogP contribution in [-0.4, -0.2) is 35.5 Å². The topological polar surface area (TPSA) is 95.5 Å². The summed E-state index contributed by atoms with van der Waals surface area (Å²) in [7, 11) is 0. The number of nitrogens with one attached hydrogen (secondary N) is 2. The van der Waals surface area contributed by atoms with Crippen LogP contribution in [0.15, 0.2) is 0 Å². The lowest BCUT2D eigenvalue weighted by molar-refractivity contribution is -0.137. The SMILES string of the molecule is CCCCCCCCCC(=O)N[C@@H](C)C(=O)NCCC(=O)O. The molecule has 6 nitrogen and oxygen atoms in total. The minimum absolute atomic E-state index is 0.0755. The van der Waals surface area contributed by atoms with Crippen LogP contribution in [0.25, 0.3) is 0 Å². The Morgan fingerprint density at radius 1 is 0.955 bits per heavy atom. The van der Waals surface area contributed by atoms with Crippen LogP contribution in [0.2, 0.25) is 0 Å². The quantitative estimate of drug-likeness (QED) is 0.454. The first-order valence-electron chi connectivity index (χ1n) is 8.26. The fraction of sp³-hybridized carbons (Fsp3) is 0.812. The smallest absolute Gasteiger partial charge is 0.305 e. The van der Waals surface area contributed by atoms with Gasteiger partial charge >= 0.3 is 5.97 Å². The Balaban J connectivity index is 3.64. The Morgan fingerprint density at radius 2 is 1.55 bits per heavy atom. The molecule has 0 unspecified atom stereocenters. The monoisotopic (exact) mass is 314 g/mol. The van der Waals surface area contributed by atoms with Gasteiger partial charge in [-0.3, -0.25) is 14.4 Å². The molecule has 3 N–H and O–H groups in total. The second-order valence-electron chi connectivity index (χ2n) is 5.60. The van der Waals surface area contributed by atoms with Gasteiger partial charge in [0.25, 0.3) is 0 Å². The molecule has 0 saturated heterocycles. The lowest BCUT2D eigenvalue weighted by Gasteiger charge is -2.13. The van der Waals surface area contributed by atoms with E-state index in [1.807, 2.05) is 0 Å². The summed E-state index contributed by atoms with van der Waals surface area (Å²) in [5.74, 6) is -1.44. The van der Waals surface area contributed by atoms with Gasteiger partial charge in [-0.2, -0.15) is 0 Å². The van der Waals surface area contributed by atoms with Gasteiger partial charge in [-0.25, -0.2) is 0 Å². The molecule has 0 spiro atoms. The van der Waals surface area contributed by atoms with Crippen molar-refractivity contribution < 1.29 is 19.5 Å². The first-order valence-corrected chi connectivity index (χ1v) is 8.26. The number of unbranched alkanes of at least 4 members (excludes halogenated alkanes) is 6. The minimum atomic E-state index is -0.962. The van der Waals surface area contributed by atoms with E-state index in [9.17, 15) is 14.4 Å². The molecule has 0 rings (SSSR count). The predicted molar refractivity (Wildman–Crippen MR) is 85.5 cm³/mol.